The van der Waals surface area contributed by atoms with Gasteiger partial charge in [0.2, 0.25) is 5.91 Å². The molecular weight excluding hydrogens is 570 g/mol. The molecular formula is C31H37N5O8. The molecule has 13 nitrogen and oxygen atoms in total. The lowest BCUT2D eigenvalue weighted by molar-refractivity contribution is -0.143. The van der Waals surface area contributed by atoms with E-state index in [2.05, 4.69) is 10.6 Å². The zero-order valence-corrected chi connectivity index (χ0v) is 24.9. The van der Waals surface area contributed by atoms with Crippen molar-refractivity contribution < 1.29 is 38.2 Å². The fourth-order valence-electron chi connectivity index (χ4n) is 4.45. The van der Waals surface area contributed by atoms with Crippen LogP contribution in [0.3, 0.4) is 0 Å². The molecule has 0 spiro atoms. The minimum atomic E-state index is -0.860. The van der Waals surface area contributed by atoms with Crippen molar-refractivity contribution in [2.24, 2.45) is 5.73 Å². The van der Waals surface area contributed by atoms with Gasteiger partial charge < -0.3 is 35.5 Å². The van der Waals surface area contributed by atoms with Gasteiger partial charge in [0.05, 0.1) is 26.2 Å². The number of nitrogens with one attached hydrogen (secondary N) is 3. The number of nitrogens with two attached hydrogens (primary N) is 1. The Morgan fingerprint density at radius 1 is 1.02 bits per heavy atom. The number of methoxy groups -OCH3 is 1. The molecule has 234 valence electrons. The summed E-state index contributed by atoms with van der Waals surface area (Å²) in [7, 11) is 1.16. The van der Waals surface area contributed by atoms with Crippen LogP contribution in [0.4, 0.5) is 0 Å². The Labute approximate surface area is 255 Å². The number of nitrogen functional groups attached to an aromatic ring is 1. The van der Waals surface area contributed by atoms with E-state index < -0.39 is 29.8 Å². The molecule has 3 amide bonds. The van der Waals surface area contributed by atoms with Crippen LogP contribution in [0.25, 0.3) is 6.08 Å². The molecule has 1 fully saturated rings. The van der Waals surface area contributed by atoms with Crippen LogP contribution in [0.1, 0.15) is 65.0 Å². The van der Waals surface area contributed by atoms with Gasteiger partial charge in [-0.05, 0) is 56.2 Å². The smallest absolute Gasteiger partial charge is 0.354 e. The van der Waals surface area contributed by atoms with Crippen LogP contribution in [0.2, 0.25) is 0 Å². The van der Waals surface area contributed by atoms with Crippen LogP contribution in [0, 0.1) is 5.41 Å². The number of ether oxygens (including phenoxy) is 3. The third-order valence-corrected chi connectivity index (χ3v) is 6.62. The number of hydrogen-bond acceptors (Lipinski definition) is 9. The molecule has 0 aromatic heterocycles. The zero-order chi connectivity index (χ0) is 32.2. The predicted molar refractivity (Wildman–Crippen MR) is 161 cm³/mol. The van der Waals surface area contributed by atoms with E-state index >= 15 is 0 Å². The van der Waals surface area contributed by atoms with Gasteiger partial charge in [-0.3, -0.25) is 24.6 Å². The van der Waals surface area contributed by atoms with E-state index in [1.807, 2.05) is 0 Å². The number of amides is 3. The average Bonchev–Trinajstić information content (AvgIpc) is 3.54. The monoisotopic (exact) mass is 607 g/mol. The number of esters is 2. The molecule has 2 aromatic carbocycles. The van der Waals surface area contributed by atoms with Crippen molar-refractivity contribution in [3.8, 4) is 5.75 Å². The molecule has 1 heterocycles. The number of carbonyl (C=O) groups is 5. The van der Waals surface area contributed by atoms with E-state index in [0.29, 0.717) is 29.8 Å². The second kappa shape index (κ2) is 15.9. The van der Waals surface area contributed by atoms with Crippen molar-refractivity contribution in [2.45, 2.75) is 39.2 Å². The molecule has 0 unspecified atom stereocenters. The lowest BCUT2D eigenvalue weighted by Gasteiger charge is -2.20. The maximum absolute atomic E-state index is 13.1. The number of amidine groups is 1. The van der Waals surface area contributed by atoms with Crippen LogP contribution < -0.4 is 21.1 Å². The third-order valence-electron chi connectivity index (χ3n) is 6.62. The molecule has 0 radical (unpaired) electrons. The van der Waals surface area contributed by atoms with E-state index in [9.17, 15) is 24.0 Å². The van der Waals surface area contributed by atoms with Crippen molar-refractivity contribution in [1.29, 1.82) is 5.41 Å². The van der Waals surface area contributed by atoms with Crippen LogP contribution in [-0.4, -0.2) is 79.9 Å². The molecule has 0 aliphatic carbocycles. The maximum Gasteiger partial charge on any atom is 0.354 e. The molecule has 1 aliphatic rings. The van der Waals surface area contributed by atoms with Gasteiger partial charge in [-0.25, -0.2) is 4.79 Å². The molecule has 2 aromatic rings. The van der Waals surface area contributed by atoms with Crippen LogP contribution >= 0.6 is 0 Å². The Morgan fingerprint density at radius 2 is 1.66 bits per heavy atom. The van der Waals surface area contributed by atoms with Crippen LogP contribution in [-0.2, 0) is 23.9 Å². The Balaban J connectivity index is 1.84. The number of likely N-dealkylation sites (tertiary alicyclic amines) is 1. The molecule has 5 N–H and O–H groups in total. The van der Waals surface area contributed by atoms with Gasteiger partial charge in [-0.1, -0.05) is 12.1 Å². The van der Waals surface area contributed by atoms with Crippen molar-refractivity contribution in [2.75, 3.05) is 33.4 Å². The second-order valence-electron chi connectivity index (χ2n) is 9.96. The van der Waals surface area contributed by atoms with Gasteiger partial charge in [0.1, 0.15) is 23.9 Å². The molecule has 1 saturated heterocycles. The Kier molecular flexibility index (Phi) is 12.0. The summed E-state index contributed by atoms with van der Waals surface area (Å²) in [6, 6.07) is 9.91. The van der Waals surface area contributed by atoms with Gasteiger partial charge in [-0.15, -0.1) is 0 Å². The van der Waals surface area contributed by atoms with E-state index in [-0.39, 0.29) is 48.4 Å². The lowest BCUT2D eigenvalue weighted by atomic mass is 10.1. The standard InChI is InChI=1S/C31H37N5O8/c1-4-43-27(38)17-24(35-29(39)20-7-9-21(10-8-20)30(40)36-13-5-6-14-36)18-44-26-16-23(28(32)33)12-11-22(26)15-25(31(41)42-3)34-19(2)37/h7-12,15-16,24H,4-6,13-14,17-18H2,1-3H3,(H3,32,33)(H,34,37)(H,35,39)/t24-/m1/s1. The highest BCUT2D eigenvalue weighted by Crippen LogP contribution is 2.24. The van der Waals surface area contributed by atoms with Crippen LogP contribution in [0.5, 0.6) is 5.75 Å². The maximum atomic E-state index is 13.1. The first kappa shape index (κ1) is 33.3. The first-order valence-electron chi connectivity index (χ1n) is 14.1. The molecule has 0 saturated carbocycles. The fourth-order valence-corrected chi connectivity index (χ4v) is 4.45. The second-order valence-corrected chi connectivity index (χ2v) is 9.96. The highest BCUT2D eigenvalue weighted by atomic mass is 16.5. The van der Waals surface area contributed by atoms with E-state index in [1.54, 1.807) is 24.0 Å². The van der Waals surface area contributed by atoms with Crippen molar-refractivity contribution >= 4 is 41.6 Å². The fraction of sp³-hybridized carbons (Fsp3) is 0.355. The van der Waals surface area contributed by atoms with E-state index in [4.69, 9.17) is 25.4 Å². The summed E-state index contributed by atoms with van der Waals surface area (Å²) in [5.74, 6) is -2.56. The summed E-state index contributed by atoms with van der Waals surface area (Å²) in [4.78, 5) is 63.9. The summed E-state index contributed by atoms with van der Waals surface area (Å²) < 4.78 is 15.8. The van der Waals surface area contributed by atoms with E-state index in [0.717, 1.165) is 20.0 Å². The highest BCUT2D eigenvalue weighted by molar-refractivity contribution is 5.99. The first-order valence-corrected chi connectivity index (χ1v) is 14.1. The number of rotatable bonds is 13. The molecule has 3 rings (SSSR count). The highest BCUT2D eigenvalue weighted by Gasteiger charge is 2.22. The minimum Gasteiger partial charge on any atom is -0.491 e. The van der Waals surface area contributed by atoms with Crippen molar-refractivity contribution in [3.63, 3.8) is 0 Å². The molecule has 44 heavy (non-hydrogen) atoms. The van der Waals surface area contributed by atoms with Gasteiger partial charge in [0.15, 0.2) is 0 Å². The summed E-state index contributed by atoms with van der Waals surface area (Å²) >= 11 is 0. The number of carbonyl (C=O) groups excluding carboxylic acids is 5. The average molecular weight is 608 g/mol. The Bertz CT molecular complexity index is 1430. The third kappa shape index (κ3) is 9.41. The molecule has 13 heteroatoms. The number of hydrogen-bond donors (Lipinski definition) is 4. The first-order chi connectivity index (χ1) is 21.0. The number of nitrogens with zero attached hydrogens (tertiary/aromatic N) is 1. The quantitative estimate of drug-likeness (QED) is 0.114. The molecule has 1 aliphatic heterocycles. The largest absolute Gasteiger partial charge is 0.491 e. The van der Waals surface area contributed by atoms with Crippen molar-refractivity contribution in [1.82, 2.24) is 15.5 Å². The predicted octanol–water partition coefficient (Wildman–Crippen LogP) is 1.99. The van der Waals surface area contributed by atoms with Crippen molar-refractivity contribution in [3.05, 3.63) is 70.4 Å². The zero-order valence-electron chi connectivity index (χ0n) is 24.9. The minimum absolute atomic E-state index is 0.0884. The molecule has 1 atom stereocenters. The summed E-state index contributed by atoms with van der Waals surface area (Å²) in [6.07, 6.45) is 3.04. The van der Waals surface area contributed by atoms with Gasteiger partial charge in [-0.2, -0.15) is 0 Å². The summed E-state index contributed by atoms with van der Waals surface area (Å²) in [6.45, 7) is 4.23. The van der Waals surface area contributed by atoms with Crippen LogP contribution in [0.15, 0.2) is 48.2 Å². The van der Waals surface area contributed by atoms with E-state index in [1.165, 1.54) is 43.3 Å². The Morgan fingerprint density at radius 3 is 2.25 bits per heavy atom. The normalized spacial score (nSPS) is 13.4. The lowest BCUT2D eigenvalue weighted by Crippen LogP contribution is -2.41. The topological polar surface area (TPSA) is 190 Å². The summed E-state index contributed by atoms with van der Waals surface area (Å²) in [5, 5.41) is 13.0. The van der Waals surface area contributed by atoms with Gasteiger partial charge >= 0.3 is 11.9 Å². The Hall–Kier alpha value is -5.20. The SMILES string of the molecule is CCOC(=O)C[C@H](COc1cc(C(=N)N)ccc1C=C(NC(C)=O)C(=O)OC)NC(=O)c1ccc(C(=O)N2CCCC2)cc1. The summed E-state index contributed by atoms with van der Waals surface area (Å²) in [5.41, 5.74) is 6.88. The van der Waals surface area contributed by atoms with Gasteiger partial charge in [0, 0.05) is 42.3 Å². The van der Waals surface area contributed by atoms with Gasteiger partial charge in [0.25, 0.3) is 11.8 Å². The number of benzene rings is 2. The molecule has 0 bridgehead atoms.